The minimum absolute atomic E-state index is 0.188. The molecule has 1 aromatic heterocycles. The average molecular weight is 234 g/mol. The second-order valence-corrected chi connectivity index (χ2v) is 4.10. The second kappa shape index (κ2) is 4.69. The minimum atomic E-state index is -0.215. The maximum atomic E-state index is 13.2. The highest BCUT2D eigenvalue weighted by Crippen LogP contribution is 2.24. The van der Waals surface area contributed by atoms with Crippen LogP contribution in [0.5, 0.6) is 0 Å². The van der Waals surface area contributed by atoms with Crippen LogP contribution < -0.4 is 11.3 Å². The van der Waals surface area contributed by atoms with Gasteiger partial charge in [-0.05, 0) is 37.1 Å². The Morgan fingerprint density at radius 3 is 2.53 bits per heavy atom. The second-order valence-electron chi connectivity index (χ2n) is 4.10. The Labute approximate surface area is 99.4 Å². The molecule has 4 heteroatoms. The molecule has 0 saturated heterocycles. The van der Waals surface area contributed by atoms with Crippen LogP contribution in [0.3, 0.4) is 0 Å². The molecular weight excluding hydrogens is 219 g/mol. The Hall–Kier alpha value is -1.65. The summed E-state index contributed by atoms with van der Waals surface area (Å²) in [5.74, 6) is 6.15. The first-order valence-electron chi connectivity index (χ1n) is 5.39. The topological polar surface area (TPSA) is 51.2 Å². The molecule has 0 aliphatic heterocycles. The molecule has 1 unspecified atom stereocenters. The van der Waals surface area contributed by atoms with Gasteiger partial charge in [0.15, 0.2) is 0 Å². The summed E-state index contributed by atoms with van der Waals surface area (Å²) >= 11 is 0. The first-order valence-corrected chi connectivity index (χ1v) is 5.39. The molecule has 1 atom stereocenters. The van der Waals surface area contributed by atoms with Gasteiger partial charge in [-0.15, -0.1) is 0 Å². The Bertz CT molecular complexity index is 522. The molecule has 0 aliphatic carbocycles. The first kappa shape index (κ1) is 11.8. The van der Waals surface area contributed by atoms with E-state index < -0.39 is 0 Å². The zero-order valence-electron chi connectivity index (χ0n) is 9.83. The number of hydrogen-bond donors (Lipinski definition) is 2. The van der Waals surface area contributed by atoms with E-state index in [4.69, 9.17) is 10.3 Å². The lowest BCUT2D eigenvalue weighted by atomic mass is 10.00. The predicted molar refractivity (Wildman–Crippen MR) is 63.7 cm³/mol. The lowest BCUT2D eigenvalue weighted by molar-refractivity contribution is 0.525. The van der Waals surface area contributed by atoms with Gasteiger partial charge in [-0.2, -0.15) is 0 Å². The number of rotatable bonds is 3. The number of aryl methyl sites for hydroxylation is 2. The van der Waals surface area contributed by atoms with E-state index in [2.05, 4.69) is 5.43 Å². The van der Waals surface area contributed by atoms with Gasteiger partial charge in [0.2, 0.25) is 0 Å². The summed E-state index contributed by atoms with van der Waals surface area (Å²) in [6.07, 6.45) is 1.65. The normalized spacial score (nSPS) is 12.7. The van der Waals surface area contributed by atoms with Crippen LogP contribution in [0.15, 0.2) is 34.9 Å². The fourth-order valence-corrected chi connectivity index (χ4v) is 1.85. The van der Waals surface area contributed by atoms with Crippen molar-refractivity contribution < 1.29 is 8.81 Å². The highest BCUT2D eigenvalue weighted by atomic mass is 19.1. The standard InChI is InChI=1S/C13H15FN2O/c1-8-5-10(3-4-12(8)14)13(16-15)11-6-9(2)17-7-11/h3-7,13,16H,15H2,1-2H3. The first-order chi connectivity index (χ1) is 8.11. The lowest BCUT2D eigenvalue weighted by Crippen LogP contribution is -2.28. The zero-order valence-corrected chi connectivity index (χ0v) is 9.83. The number of nitrogens with two attached hydrogens (primary N) is 1. The average Bonchev–Trinajstić information content (AvgIpc) is 2.71. The molecule has 17 heavy (non-hydrogen) atoms. The van der Waals surface area contributed by atoms with Crippen molar-refractivity contribution in [1.29, 1.82) is 0 Å². The van der Waals surface area contributed by atoms with Crippen LogP contribution in [0.2, 0.25) is 0 Å². The van der Waals surface area contributed by atoms with Gasteiger partial charge in [0.25, 0.3) is 0 Å². The van der Waals surface area contributed by atoms with E-state index in [-0.39, 0.29) is 11.9 Å². The number of hydrazine groups is 1. The molecule has 0 saturated carbocycles. The van der Waals surface area contributed by atoms with Crippen LogP contribution in [-0.4, -0.2) is 0 Å². The molecule has 0 radical (unpaired) electrons. The van der Waals surface area contributed by atoms with E-state index >= 15 is 0 Å². The van der Waals surface area contributed by atoms with Gasteiger partial charge in [-0.25, -0.2) is 9.82 Å². The van der Waals surface area contributed by atoms with Crippen molar-refractivity contribution in [2.75, 3.05) is 0 Å². The Kier molecular flexibility index (Phi) is 3.26. The van der Waals surface area contributed by atoms with E-state index in [1.54, 1.807) is 25.3 Å². The summed E-state index contributed by atoms with van der Waals surface area (Å²) < 4.78 is 18.5. The van der Waals surface area contributed by atoms with Gasteiger partial charge in [0, 0.05) is 5.56 Å². The summed E-state index contributed by atoms with van der Waals surface area (Å²) in [6.45, 7) is 3.60. The molecule has 0 bridgehead atoms. The molecule has 2 aromatic rings. The van der Waals surface area contributed by atoms with E-state index in [1.165, 1.54) is 6.07 Å². The lowest BCUT2D eigenvalue weighted by Gasteiger charge is -2.15. The molecule has 0 amide bonds. The Morgan fingerprint density at radius 1 is 1.24 bits per heavy atom. The molecule has 3 N–H and O–H groups in total. The number of benzene rings is 1. The molecule has 2 rings (SSSR count). The van der Waals surface area contributed by atoms with Gasteiger partial charge >= 0.3 is 0 Å². The third-order valence-electron chi connectivity index (χ3n) is 2.77. The fourth-order valence-electron chi connectivity index (χ4n) is 1.85. The van der Waals surface area contributed by atoms with Gasteiger partial charge in [0.1, 0.15) is 11.6 Å². The molecule has 1 heterocycles. The van der Waals surface area contributed by atoms with Crippen molar-refractivity contribution in [3.05, 3.63) is 58.8 Å². The van der Waals surface area contributed by atoms with E-state index in [9.17, 15) is 4.39 Å². The van der Waals surface area contributed by atoms with Crippen molar-refractivity contribution >= 4 is 0 Å². The van der Waals surface area contributed by atoms with E-state index in [0.29, 0.717) is 5.56 Å². The summed E-state index contributed by atoms with van der Waals surface area (Å²) in [6, 6.07) is 6.66. The quantitative estimate of drug-likeness (QED) is 0.634. The predicted octanol–water partition coefficient (Wildman–Crippen LogP) is 2.59. The van der Waals surface area contributed by atoms with Gasteiger partial charge in [0.05, 0.1) is 12.3 Å². The SMILES string of the molecule is Cc1cc(C(NN)c2ccc(F)c(C)c2)co1. The van der Waals surface area contributed by atoms with Crippen molar-refractivity contribution in [1.82, 2.24) is 5.43 Å². The minimum Gasteiger partial charge on any atom is -0.469 e. The van der Waals surface area contributed by atoms with Crippen molar-refractivity contribution in [2.45, 2.75) is 19.9 Å². The largest absolute Gasteiger partial charge is 0.469 e. The number of hydrogen-bond acceptors (Lipinski definition) is 3. The molecule has 0 spiro atoms. The van der Waals surface area contributed by atoms with Crippen molar-refractivity contribution in [3.8, 4) is 0 Å². The van der Waals surface area contributed by atoms with Crippen molar-refractivity contribution in [3.63, 3.8) is 0 Å². The smallest absolute Gasteiger partial charge is 0.126 e. The summed E-state index contributed by atoms with van der Waals surface area (Å²) in [4.78, 5) is 0. The Balaban J connectivity index is 2.38. The molecule has 90 valence electrons. The van der Waals surface area contributed by atoms with Gasteiger partial charge in [-0.3, -0.25) is 5.84 Å². The van der Waals surface area contributed by atoms with Crippen LogP contribution in [0.1, 0.15) is 28.5 Å². The summed E-state index contributed by atoms with van der Waals surface area (Å²) in [5.41, 5.74) is 5.15. The highest BCUT2D eigenvalue weighted by Gasteiger charge is 2.15. The maximum Gasteiger partial charge on any atom is 0.126 e. The number of halogens is 1. The molecule has 1 aromatic carbocycles. The number of nitrogens with one attached hydrogen (secondary N) is 1. The van der Waals surface area contributed by atoms with Crippen molar-refractivity contribution in [2.24, 2.45) is 5.84 Å². The molecule has 3 nitrogen and oxygen atoms in total. The maximum absolute atomic E-state index is 13.2. The molecular formula is C13H15FN2O. The summed E-state index contributed by atoms with van der Waals surface area (Å²) in [7, 11) is 0. The van der Waals surface area contributed by atoms with Crippen LogP contribution in [-0.2, 0) is 0 Å². The van der Waals surface area contributed by atoms with E-state index in [1.807, 2.05) is 13.0 Å². The monoisotopic (exact) mass is 234 g/mol. The van der Waals surface area contributed by atoms with Crippen LogP contribution in [0, 0.1) is 19.7 Å². The molecule has 0 aliphatic rings. The van der Waals surface area contributed by atoms with Crippen LogP contribution >= 0.6 is 0 Å². The van der Waals surface area contributed by atoms with Gasteiger partial charge < -0.3 is 4.42 Å². The Morgan fingerprint density at radius 2 is 2.00 bits per heavy atom. The van der Waals surface area contributed by atoms with E-state index in [0.717, 1.165) is 16.9 Å². The third kappa shape index (κ3) is 2.38. The van der Waals surface area contributed by atoms with Gasteiger partial charge in [-0.1, -0.05) is 12.1 Å². The fraction of sp³-hybridized carbons (Fsp3) is 0.231. The molecule has 0 fully saturated rings. The van der Waals surface area contributed by atoms with Crippen LogP contribution in [0.4, 0.5) is 4.39 Å². The van der Waals surface area contributed by atoms with Crippen LogP contribution in [0.25, 0.3) is 0 Å². The zero-order chi connectivity index (χ0) is 12.4. The third-order valence-corrected chi connectivity index (χ3v) is 2.77. The number of furan rings is 1. The summed E-state index contributed by atoms with van der Waals surface area (Å²) in [5, 5.41) is 0. The highest BCUT2D eigenvalue weighted by molar-refractivity contribution is 5.33.